The van der Waals surface area contributed by atoms with E-state index in [1.54, 1.807) is 7.11 Å². The minimum Gasteiger partial charge on any atom is -0.460 e. The van der Waals surface area contributed by atoms with Crippen LogP contribution in [0.5, 0.6) is 0 Å². The Kier molecular flexibility index (Phi) is 12.4. The van der Waals surface area contributed by atoms with Crippen molar-refractivity contribution < 1.29 is 22.8 Å². The number of carbonyl (C=O) groups is 1. The van der Waals surface area contributed by atoms with Crippen molar-refractivity contribution in [3.63, 3.8) is 0 Å². The molecule has 6 heteroatoms. The largest absolute Gasteiger partial charge is 0.500 e. The van der Waals surface area contributed by atoms with Crippen molar-refractivity contribution in [3.05, 3.63) is 12.7 Å². The Bertz CT molecular complexity index is 299. The van der Waals surface area contributed by atoms with Gasteiger partial charge in [0.15, 0.2) is 0 Å². The molecule has 0 saturated heterocycles. The average Bonchev–Trinajstić information content (AvgIpc) is 2.52. The van der Waals surface area contributed by atoms with Gasteiger partial charge in [-0.05, 0) is 26.2 Å². The zero-order valence-corrected chi connectivity index (χ0v) is 15.6. The van der Waals surface area contributed by atoms with Crippen LogP contribution in [0.3, 0.4) is 0 Å². The third kappa shape index (κ3) is 9.35. The average molecular weight is 333 g/mol. The molecule has 22 heavy (non-hydrogen) atoms. The van der Waals surface area contributed by atoms with Gasteiger partial charge in [-0.1, -0.05) is 33.3 Å². The van der Waals surface area contributed by atoms with Crippen LogP contribution in [-0.2, 0) is 22.8 Å². The van der Waals surface area contributed by atoms with E-state index in [1.807, 2.05) is 6.92 Å². The zero-order chi connectivity index (χ0) is 16.8. The van der Waals surface area contributed by atoms with Gasteiger partial charge < -0.3 is 18.0 Å². The van der Waals surface area contributed by atoms with Gasteiger partial charge in [-0.25, -0.2) is 4.79 Å². The second-order valence-corrected chi connectivity index (χ2v) is 8.13. The first kappa shape index (κ1) is 21.3. The lowest BCUT2D eigenvalue weighted by atomic mass is 10.3. The van der Waals surface area contributed by atoms with E-state index in [0.717, 1.165) is 25.7 Å². The maximum Gasteiger partial charge on any atom is 0.500 e. The van der Waals surface area contributed by atoms with Crippen molar-refractivity contribution in [3.8, 4) is 0 Å². The van der Waals surface area contributed by atoms with Crippen molar-refractivity contribution >= 4 is 14.8 Å². The molecule has 0 aliphatic carbocycles. The number of hydrogen-bond acceptors (Lipinski definition) is 5. The zero-order valence-electron chi connectivity index (χ0n) is 14.6. The maximum atomic E-state index is 11.2. The van der Waals surface area contributed by atoms with Crippen molar-refractivity contribution in [2.24, 2.45) is 0 Å². The quantitative estimate of drug-likeness (QED) is 0.210. The Balaban J connectivity index is 4.52. The summed E-state index contributed by atoms with van der Waals surface area (Å²) < 4.78 is 22.8. The van der Waals surface area contributed by atoms with Crippen LogP contribution in [0.25, 0.3) is 0 Å². The molecule has 0 aromatic heterocycles. The molecule has 0 saturated carbocycles. The van der Waals surface area contributed by atoms with E-state index < -0.39 is 14.8 Å². The minimum atomic E-state index is -2.69. The molecule has 1 atom stereocenters. The predicted octanol–water partition coefficient (Wildman–Crippen LogP) is 3.71. The fourth-order valence-corrected chi connectivity index (χ4v) is 4.32. The first-order valence-corrected chi connectivity index (χ1v) is 10.1. The summed E-state index contributed by atoms with van der Waals surface area (Å²) in [7, 11) is -1.04. The lowest BCUT2D eigenvalue weighted by molar-refractivity contribution is -0.142. The van der Waals surface area contributed by atoms with E-state index >= 15 is 0 Å². The molecule has 0 heterocycles. The molecule has 0 fully saturated rings. The highest BCUT2D eigenvalue weighted by atomic mass is 28.4. The number of ether oxygens (including phenoxy) is 1. The summed E-state index contributed by atoms with van der Waals surface area (Å²) in [5.74, 6) is -0.406. The van der Waals surface area contributed by atoms with Crippen LogP contribution in [-0.4, -0.2) is 41.2 Å². The third-order valence-corrected chi connectivity index (χ3v) is 6.10. The smallest absolute Gasteiger partial charge is 0.460 e. The molecule has 0 spiro atoms. The molecule has 0 aliphatic heterocycles. The molecule has 130 valence electrons. The Morgan fingerprint density at radius 1 is 1.18 bits per heavy atom. The standard InChI is InChI=1S/C16H32O5Si/c1-6-9-12-19-22(18-5,20-13-10-7-2)14-11-15(4)21-16(17)8-3/h8,15H,3,6-7,9-14H2,1-2,4-5H3. The monoisotopic (exact) mass is 332 g/mol. The molecule has 0 N–H and O–H groups in total. The molecule has 0 amide bonds. The third-order valence-electron chi connectivity index (χ3n) is 3.29. The summed E-state index contributed by atoms with van der Waals surface area (Å²) in [5, 5.41) is 0. The molecular weight excluding hydrogens is 300 g/mol. The van der Waals surface area contributed by atoms with E-state index in [-0.39, 0.29) is 6.10 Å². The first-order chi connectivity index (χ1) is 10.5. The Hall–Kier alpha value is -0.693. The van der Waals surface area contributed by atoms with Gasteiger partial charge >= 0.3 is 14.8 Å². The number of rotatable bonds is 14. The molecule has 0 bridgehead atoms. The SMILES string of the molecule is C=CC(=O)OC(C)CC[Si](OC)(OCCCC)OCCCC. The fourth-order valence-electron chi connectivity index (χ4n) is 1.84. The number of esters is 1. The van der Waals surface area contributed by atoms with E-state index in [4.69, 9.17) is 18.0 Å². The van der Waals surface area contributed by atoms with Gasteiger partial charge in [0, 0.05) is 32.4 Å². The van der Waals surface area contributed by atoms with Crippen molar-refractivity contribution in [1.82, 2.24) is 0 Å². The van der Waals surface area contributed by atoms with Gasteiger partial charge in [0.25, 0.3) is 0 Å². The van der Waals surface area contributed by atoms with Gasteiger partial charge in [0.1, 0.15) is 0 Å². The summed E-state index contributed by atoms with van der Waals surface area (Å²) in [5.41, 5.74) is 0. The van der Waals surface area contributed by atoms with E-state index in [0.29, 0.717) is 25.7 Å². The summed E-state index contributed by atoms with van der Waals surface area (Å²) in [6.07, 6.45) is 5.71. The second kappa shape index (κ2) is 12.8. The number of unbranched alkanes of at least 4 members (excludes halogenated alkanes) is 2. The number of carbonyl (C=O) groups excluding carboxylic acids is 1. The van der Waals surface area contributed by atoms with E-state index in [1.165, 1.54) is 6.08 Å². The van der Waals surface area contributed by atoms with E-state index in [2.05, 4.69) is 20.4 Å². The molecule has 5 nitrogen and oxygen atoms in total. The van der Waals surface area contributed by atoms with Crippen LogP contribution >= 0.6 is 0 Å². The first-order valence-electron chi connectivity index (χ1n) is 8.19. The normalized spacial score (nSPS) is 12.9. The lowest BCUT2D eigenvalue weighted by Crippen LogP contribution is -2.46. The predicted molar refractivity (Wildman–Crippen MR) is 89.7 cm³/mol. The molecule has 0 radical (unpaired) electrons. The van der Waals surface area contributed by atoms with Crippen LogP contribution in [0.4, 0.5) is 0 Å². The highest BCUT2D eigenvalue weighted by Crippen LogP contribution is 2.20. The molecule has 1 unspecified atom stereocenters. The highest BCUT2D eigenvalue weighted by Gasteiger charge is 2.40. The second-order valence-electron chi connectivity index (χ2n) is 5.28. The topological polar surface area (TPSA) is 54.0 Å². The van der Waals surface area contributed by atoms with Crippen molar-refractivity contribution in [2.75, 3.05) is 20.3 Å². The Labute approximate surface area is 136 Å². The highest BCUT2D eigenvalue weighted by molar-refractivity contribution is 6.60. The molecule has 0 rings (SSSR count). The number of hydrogen-bond donors (Lipinski definition) is 0. The van der Waals surface area contributed by atoms with Gasteiger partial charge in [0.05, 0.1) is 6.10 Å². The summed E-state index contributed by atoms with van der Waals surface area (Å²) in [4.78, 5) is 11.2. The van der Waals surface area contributed by atoms with Crippen LogP contribution in [0.15, 0.2) is 12.7 Å². The van der Waals surface area contributed by atoms with Gasteiger partial charge in [0.2, 0.25) is 0 Å². The van der Waals surface area contributed by atoms with Gasteiger partial charge in [-0.15, -0.1) is 0 Å². The fraction of sp³-hybridized carbons (Fsp3) is 0.812. The minimum absolute atomic E-state index is 0.211. The van der Waals surface area contributed by atoms with Crippen LogP contribution < -0.4 is 0 Å². The Morgan fingerprint density at radius 2 is 1.73 bits per heavy atom. The summed E-state index contributed by atoms with van der Waals surface area (Å²) in [6.45, 7) is 10.8. The van der Waals surface area contributed by atoms with E-state index in [9.17, 15) is 4.79 Å². The summed E-state index contributed by atoms with van der Waals surface area (Å²) in [6, 6.07) is 0.641. The van der Waals surface area contributed by atoms with Crippen LogP contribution in [0, 0.1) is 0 Å². The van der Waals surface area contributed by atoms with Crippen molar-refractivity contribution in [1.29, 1.82) is 0 Å². The van der Waals surface area contributed by atoms with Crippen LogP contribution in [0.1, 0.15) is 52.9 Å². The molecular formula is C16H32O5Si. The molecule has 0 aromatic rings. The van der Waals surface area contributed by atoms with Crippen molar-refractivity contribution in [2.45, 2.75) is 65.0 Å². The lowest BCUT2D eigenvalue weighted by Gasteiger charge is -2.29. The van der Waals surface area contributed by atoms with Gasteiger partial charge in [-0.3, -0.25) is 0 Å². The summed E-state index contributed by atoms with van der Waals surface area (Å²) >= 11 is 0. The molecule has 0 aromatic carbocycles. The molecule has 0 aliphatic rings. The van der Waals surface area contributed by atoms with Crippen LogP contribution in [0.2, 0.25) is 6.04 Å². The van der Waals surface area contributed by atoms with Gasteiger partial charge in [-0.2, -0.15) is 0 Å². The maximum absolute atomic E-state index is 11.2. The Morgan fingerprint density at radius 3 is 2.14 bits per heavy atom.